The minimum absolute atomic E-state index is 0.0380. The molecule has 6 heteroatoms. The molecule has 3 aromatic carbocycles. The van der Waals surface area contributed by atoms with Gasteiger partial charge < -0.3 is 14.5 Å². The van der Waals surface area contributed by atoms with Crippen LogP contribution in [0.5, 0.6) is 11.5 Å². The normalized spacial score (nSPS) is 11.2. The van der Waals surface area contributed by atoms with Crippen LogP contribution in [0.25, 0.3) is 0 Å². The Morgan fingerprint density at radius 1 is 0.778 bits per heavy atom. The summed E-state index contributed by atoms with van der Waals surface area (Å²) in [6.07, 6.45) is -0.0841. The Hall–Kier alpha value is -2.72. The summed E-state index contributed by atoms with van der Waals surface area (Å²) >= 11 is 0. The predicted octanol–water partition coefficient (Wildman–Crippen LogP) is 4.58. The topological polar surface area (TPSA) is 83.8 Å². The zero-order chi connectivity index (χ0) is 19.3. The molecule has 0 radical (unpaired) electrons. The summed E-state index contributed by atoms with van der Waals surface area (Å²) in [5.74, 6) is 1.34. The second-order valence-electron chi connectivity index (χ2n) is 6.18. The average Bonchev–Trinajstić information content (AvgIpc) is 2.63. The van der Waals surface area contributed by atoms with Gasteiger partial charge in [0.15, 0.2) is 5.78 Å². The summed E-state index contributed by atoms with van der Waals surface area (Å²) in [5.41, 5.74) is 1.91. The maximum absolute atomic E-state index is 12.4. The zero-order valence-corrected chi connectivity index (χ0v) is 15.4. The van der Waals surface area contributed by atoms with E-state index in [1.807, 2.05) is 30.3 Å². The van der Waals surface area contributed by atoms with Gasteiger partial charge >= 0.3 is 7.60 Å². The lowest BCUT2D eigenvalue weighted by Crippen LogP contribution is -2.03. The third kappa shape index (κ3) is 5.90. The number of Topliss-reactive ketones (excluding diaryl/α,β-unsaturated/α-hetero) is 1. The van der Waals surface area contributed by atoms with Crippen LogP contribution in [0.15, 0.2) is 78.9 Å². The summed E-state index contributed by atoms with van der Waals surface area (Å²) in [4.78, 5) is 30.4. The van der Waals surface area contributed by atoms with Crippen LogP contribution in [0.4, 0.5) is 0 Å². The highest BCUT2D eigenvalue weighted by molar-refractivity contribution is 7.50. The summed E-state index contributed by atoms with van der Waals surface area (Å²) in [6.45, 7) is 0. The fourth-order valence-corrected chi connectivity index (χ4v) is 3.31. The van der Waals surface area contributed by atoms with Gasteiger partial charge in [0.05, 0.1) is 6.16 Å². The zero-order valence-electron chi connectivity index (χ0n) is 14.5. The first-order valence-corrected chi connectivity index (χ1v) is 10.2. The summed E-state index contributed by atoms with van der Waals surface area (Å²) in [7, 11) is -4.09. The van der Waals surface area contributed by atoms with E-state index in [9.17, 15) is 9.36 Å². The second kappa shape index (κ2) is 8.31. The van der Waals surface area contributed by atoms with Gasteiger partial charge in [-0.2, -0.15) is 0 Å². The minimum atomic E-state index is -4.09. The molecule has 3 rings (SSSR count). The summed E-state index contributed by atoms with van der Waals surface area (Å²) in [5, 5.41) is 0. The Balaban J connectivity index is 1.61. The third-order valence-corrected chi connectivity index (χ3v) is 4.71. The molecule has 2 N–H and O–H groups in total. The monoisotopic (exact) mass is 382 g/mol. The van der Waals surface area contributed by atoms with Crippen molar-refractivity contribution in [3.63, 3.8) is 0 Å². The van der Waals surface area contributed by atoms with E-state index in [4.69, 9.17) is 14.5 Å². The average molecular weight is 382 g/mol. The van der Waals surface area contributed by atoms with Crippen molar-refractivity contribution in [2.45, 2.75) is 12.6 Å². The smallest absolute Gasteiger partial charge is 0.329 e. The molecule has 0 amide bonds. The van der Waals surface area contributed by atoms with Crippen molar-refractivity contribution in [2.75, 3.05) is 0 Å². The molecule has 0 aromatic heterocycles. The van der Waals surface area contributed by atoms with Crippen LogP contribution in [0.2, 0.25) is 0 Å². The number of carbonyl (C=O) groups is 1. The summed E-state index contributed by atoms with van der Waals surface area (Å²) in [6, 6.07) is 23.1. The first-order valence-electron chi connectivity index (χ1n) is 8.38. The molecule has 0 saturated carbocycles. The first-order chi connectivity index (χ1) is 12.9. The van der Waals surface area contributed by atoms with Crippen LogP contribution in [0.1, 0.15) is 21.5 Å². The highest BCUT2D eigenvalue weighted by atomic mass is 31.2. The highest BCUT2D eigenvalue weighted by Crippen LogP contribution is 2.38. The largest absolute Gasteiger partial charge is 0.457 e. The molecule has 0 fully saturated rings. The number of rotatable bonds is 7. The fourth-order valence-electron chi connectivity index (χ4n) is 2.62. The molecule has 0 spiro atoms. The van der Waals surface area contributed by atoms with E-state index < -0.39 is 7.60 Å². The van der Waals surface area contributed by atoms with Gasteiger partial charge in [-0.3, -0.25) is 9.36 Å². The second-order valence-corrected chi connectivity index (χ2v) is 7.82. The summed E-state index contributed by atoms with van der Waals surface area (Å²) < 4.78 is 16.7. The van der Waals surface area contributed by atoms with E-state index in [0.29, 0.717) is 16.9 Å². The van der Waals surface area contributed by atoms with Crippen molar-refractivity contribution in [2.24, 2.45) is 0 Å². The Labute approximate surface area is 157 Å². The standard InChI is InChI=1S/C21H19O5P/c22-21(14-16-6-8-17(9-7-16)15-27(23,24)25)18-10-12-20(13-11-18)26-19-4-2-1-3-5-19/h1-13H,14-15H2,(H2,23,24,25). The van der Waals surface area contributed by atoms with Gasteiger partial charge in [0.25, 0.3) is 0 Å². The number of carbonyl (C=O) groups excluding carboxylic acids is 1. The molecule has 0 saturated heterocycles. The highest BCUT2D eigenvalue weighted by Gasteiger charge is 2.14. The first kappa shape index (κ1) is 19.1. The molecular weight excluding hydrogens is 363 g/mol. The van der Waals surface area contributed by atoms with Gasteiger partial charge in [0.2, 0.25) is 0 Å². The van der Waals surface area contributed by atoms with Crippen LogP contribution in [-0.4, -0.2) is 15.6 Å². The van der Waals surface area contributed by atoms with Gasteiger partial charge in [-0.1, -0.05) is 42.5 Å². The molecule has 0 aliphatic carbocycles. The molecule has 3 aromatic rings. The van der Waals surface area contributed by atoms with Crippen LogP contribution >= 0.6 is 7.60 Å². The Kier molecular flexibility index (Phi) is 5.87. The van der Waals surface area contributed by atoms with E-state index in [0.717, 1.165) is 11.3 Å². The van der Waals surface area contributed by atoms with Gasteiger partial charge in [0, 0.05) is 12.0 Å². The van der Waals surface area contributed by atoms with Gasteiger partial charge in [-0.25, -0.2) is 0 Å². The fraction of sp³-hybridized carbons (Fsp3) is 0.0952. The molecule has 0 unspecified atom stereocenters. The lowest BCUT2D eigenvalue weighted by molar-refractivity contribution is 0.0993. The van der Waals surface area contributed by atoms with Crippen molar-refractivity contribution in [1.82, 2.24) is 0 Å². The molecule has 0 aliphatic heterocycles. The van der Waals surface area contributed by atoms with Gasteiger partial charge in [-0.05, 0) is 47.5 Å². The number of ether oxygens (including phenoxy) is 1. The van der Waals surface area contributed by atoms with E-state index >= 15 is 0 Å². The van der Waals surface area contributed by atoms with Gasteiger partial charge in [0.1, 0.15) is 11.5 Å². The molecule has 0 bridgehead atoms. The van der Waals surface area contributed by atoms with E-state index in [1.54, 1.807) is 48.5 Å². The molecule has 0 heterocycles. The van der Waals surface area contributed by atoms with Crippen molar-refractivity contribution in [1.29, 1.82) is 0 Å². The number of para-hydroxylation sites is 1. The number of ketones is 1. The van der Waals surface area contributed by atoms with Crippen LogP contribution < -0.4 is 4.74 Å². The Morgan fingerprint density at radius 2 is 1.33 bits per heavy atom. The molecule has 27 heavy (non-hydrogen) atoms. The maximum Gasteiger partial charge on any atom is 0.329 e. The van der Waals surface area contributed by atoms with Crippen LogP contribution in [-0.2, 0) is 17.1 Å². The molecule has 0 atom stereocenters. The predicted molar refractivity (Wildman–Crippen MR) is 103 cm³/mol. The number of hydrogen-bond acceptors (Lipinski definition) is 3. The van der Waals surface area contributed by atoms with Crippen molar-refractivity contribution in [3.05, 3.63) is 95.6 Å². The number of hydrogen-bond donors (Lipinski definition) is 2. The quantitative estimate of drug-likeness (QED) is 0.462. The van der Waals surface area contributed by atoms with Crippen molar-refractivity contribution < 1.29 is 23.9 Å². The van der Waals surface area contributed by atoms with E-state index in [2.05, 4.69) is 0 Å². The van der Waals surface area contributed by atoms with E-state index in [-0.39, 0.29) is 18.4 Å². The third-order valence-electron chi connectivity index (χ3n) is 3.93. The Bertz CT molecular complexity index is 944. The SMILES string of the molecule is O=C(Cc1ccc(CP(=O)(O)O)cc1)c1ccc(Oc2ccccc2)cc1. The molecule has 138 valence electrons. The number of benzene rings is 3. The molecular formula is C21H19O5P. The molecule has 0 aliphatic rings. The lowest BCUT2D eigenvalue weighted by Gasteiger charge is -2.07. The molecule has 5 nitrogen and oxygen atoms in total. The minimum Gasteiger partial charge on any atom is -0.457 e. The lowest BCUT2D eigenvalue weighted by atomic mass is 10.0. The maximum atomic E-state index is 12.4. The van der Waals surface area contributed by atoms with Crippen molar-refractivity contribution >= 4 is 13.4 Å². The van der Waals surface area contributed by atoms with Crippen LogP contribution in [0.3, 0.4) is 0 Å². The van der Waals surface area contributed by atoms with Crippen LogP contribution in [0, 0.1) is 0 Å². The van der Waals surface area contributed by atoms with Crippen molar-refractivity contribution in [3.8, 4) is 11.5 Å². The van der Waals surface area contributed by atoms with Gasteiger partial charge in [-0.15, -0.1) is 0 Å². The van der Waals surface area contributed by atoms with E-state index in [1.165, 1.54) is 0 Å². The Morgan fingerprint density at radius 3 is 1.93 bits per heavy atom.